The summed E-state index contributed by atoms with van der Waals surface area (Å²) in [6.45, 7) is 1.93. The van der Waals surface area contributed by atoms with E-state index < -0.39 is 0 Å². The van der Waals surface area contributed by atoms with Crippen LogP contribution in [-0.2, 0) is 5.41 Å². The molecule has 1 spiro atoms. The number of hydrogen-bond acceptors (Lipinski definition) is 2. The lowest BCUT2D eigenvalue weighted by Crippen LogP contribution is -2.31. The van der Waals surface area contributed by atoms with Gasteiger partial charge in [-0.15, -0.1) is 0 Å². The van der Waals surface area contributed by atoms with Gasteiger partial charge in [-0.2, -0.15) is 0 Å². The van der Waals surface area contributed by atoms with Gasteiger partial charge in [0, 0.05) is 10.8 Å². The number of fused-ring (bicyclic) bond motifs is 10. The first-order valence-electron chi connectivity index (χ1n) is 9.69. The van der Waals surface area contributed by atoms with Crippen molar-refractivity contribution in [1.29, 1.82) is 0 Å². The van der Waals surface area contributed by atoms with Crippen LogP contribution in [0, 0.1) is 18.8 Å². The van der Waals surface area contributed by atoms with Crippen LogP contribution < -0.4 is 0 Å². The van der Waals surface area contributed by atoms with Gasteiger partial charge in [0.2, 0.25) is 0 Å². The smallest absolute Gasteiger partial charge is 0.123 e. The van der Waals surface area contributed by atoms with Crippen molar-refractivity contribution in [3.8, 4) is 22.6 Å². The minimum Gasteiger partial charge on any atom is -0.508 e. The van der Waals surface area contributed by atoms with Crippen molar-refractivity contribution in [2.75, 3.05) is 0 Å². The molecule has 0 heterocycles. The molecule has 2 heteroatoms. The molecule has 26 heavy (non-hydrogen) atoms. The van der Waals surface area contributed by atoms with Crippen molar-refractivity contribution in [1.82, 2.24) is 0 Å². The lowest BCUT2D eigenvalue weighted by molar-refractivity contribution is 0.326. The molecule has 2 saturated carbocycles. The molecule has 0 aromatic heterocycles. The number of benzene rings is 3. The molecule has 3 aliphatic carbocycles. The van der Waals surface area contributed by atoms with Gasteiger partial charge in [0.25, 0.3) is 0 Å². The second-order valence-electron chi connectivity index (χ2n) is 8.60. The molecule has 3 aliphatic rings. The van der Waals surface area contributed by atoms with Gasteiger partial charge in [0.1, 0.15) is 11.5 Å². The van der Waals surface area contributed by atoms with Gasteiger partial charge in [-0.05, 0) is 89.4 Å². The van der Waals surface area contributed by atoms with Crippen LogP contribution in [0.1, 0.15) is 42.4 Å². The Balaban J connectivity index is 1.78. The molecule has 2 N–H and O–H groups in total. The van der Waals surface area contributed by atoms with Gasteiger partial charge < -0.3 is 10.2 Å². The van der Waals surface area contributed by atoms with Crippen LogP contribution in [0.3, 0.4) is 0 Å². The summed E-state index contributed by atoms with van der Waals surface area (Å²) in [6.07, 6.45) is 5.19. The molecular formula is C24H22O2. The first-order valence-corrected chi connectivity index (χ1v) is 9.69. The summed E-state index contributed by atoms with van der Waals surface area (Å²) in [5.41, 5.74) is 6.32. The molecule has 3 aromatic rings. The number of aryl methyl sites for hydroxylation is 1. The maximum Gasteiger partial charge on any atom is 0.123 e. The normalized spacial score (nSPS) is 28.0. The van der Waals surface area contributed by atoms with E-state index in [4.69, 9.17) is 0 Å². The van der Waals surface area contributed by atoms with E-state index in [1.54, 1.807) is 6.07 Å². The summed E-state index contributed by atoms with van der Waals surface area (Å²) in [4.78, 5) is 0. The average molecular weight is 342 g/mol. The van der Waals surface area contributed by atoms with Crippen LogP contribution in [0.5, 0.6) is 11.5 Å². The fourth-order valence-corrected chi connectivity index (χ4v) is 6.41. The summed E-state index contributed by atoms with van der Waals surface area (Å²) in [5, 5.41) is 22.8. The van der Waals surface area contributed by atoms with E-state index in [2.05, 4.69) is 24.3 Å². The van der Waals surface area contributed by atoms with E-state index in [9.17, 15) is 10.2 Å². The Morgan fingerprint density at radius 3 is 2.54 bits per heavy atom. The zero-order valence-corrected chi connectivity index (χ0v) is 14.9. The summed E-state index contributed by atoms with van der Waals surface area (Å²) in [5.74, 6) is 2.04. The highest BCUT2D eigenvalue weighted by Gasteiger charge is 2.57. The lowest BCUT2D eigenvalue weighted by atomic mass is 9.66. The molecule has 0 aliphatic heterocycles. The molecule has 0 saturated heterocycles. The zero-order chi connectivity index (χ0) is 17.6. The van der Waals surface area contributed by atoms with Crippen LogP contribution in [0.25, 0.3) is 21.9 Å². The third-order valence-electron chi connectivity index (χ3n) is 7.44. The first-order chi connectivity index (χ1) is 12.6. The lowest BCUT2D eigenvalue weighted by Gasteiger charge is -2.36. The van der Waals surface area contributed by atoms with E-state index in [0.29, 0.717) is 11.7 Å². The second kappa shape index (κ2) is 4.62. The topological polar surface area (TPSA) is 40.5 Å². The highest BCUT2D eigenvalue weighted by atomic mass is 16.3. The molecule has 3 unspecified atom stereocenters. The maximum atomic E-state index is 10.8. The fraction of sp³-hybridized carbons (Fsp3) is 0.333. The highest BCUT2D eigenvalue weighted by molar-refractivity contribution is 6.06. The van der Waals surface area contributed by atoms with Crippen molar-refractivity contribution in [3.63, 3.8) is 0 Å². The van der Waals surface area contributed by atoms with Crippen LogP contribution >= 0.6 is 0 Å². The highest BCUT2D eigenvalue weighted by Crippen LogP contribution is 2.66. The third kappa shape index (κ3) is 1.55. The van der Waals surface area contributed by atoms with Crippen molar-refractivity contribution in [3.05, 3.63) is 59.2 Å². The Bertz CT molecular complexity index is 1100. The number of rotatable bonds is 0. The second-order valence-corrected chi connectivity index (χ2v) is 8.60. The molecular weight excluding hydrogens is 320 g/mol. The summed E-state index contributed by atoms with van der Waals surface area (Å²) < 4.78 is 0. The summed E-state index contributed by atoms with van der Waals surface area (Å²) in [7, 11) is 0. The van der Waals surface area contributed by atoms with Crippen molar-refractivity contribution in [2.45, 2.75) is 38.0 Å². The molecule has 6 rings (SSSR count). The monoisotopic (exact) mass is 342 g/mol. The first kappa shape index (κ1) is 14.7. The number of phenols is 2. The van der Waals surface area contributed by atoms with Crippen LogP contribution in [0.4, 0.5) is 0 Å². The molecule has 3 aromatic carbocycles. The largest absolute Gasteiger partial charge is 0.508 e. The molecule has 130 valence electrons. The predicted octanol–water partition coefficient (Wildman–Crippen LogP) is 5.65. The van der Waals surface area contributed by atoms with Crippen LogP contribution in [-0.4, -0.2) is 10.2 Å². The van der Waals surface area contributed by atoms with Crippen molar-refractivity contribution < 1.29 is 10.2 Å². The molecule has 0 amide bonds. The molecule has 2 bridgehead atoms. The van der Waals surface area contributed by atoms with Gasteiger partial charge in [0.15, 0.2) is 0 Å². The Kier molecular flexibility index (Phi) is 2.60. The third-order valence-corrected chi connectivity index (χ3v) is 7.44. The Morgan fingerprint density at radius 2 is 1.77 bits per heavy atom. The van der Waals surface area contributed by atoms with E-state index in [1.807, 2.05) is 19.1 Å². The fourth-order valence-electron chi connectivity index (χ4n) is 6.41. The van der Waals surface area contributed by atoms with Gasteiger partial charge in [-0.25, -0.2) is 0 Å². The van der Waals surface area contributed by atoms with Gasteiger partial charge in [-0.3, -0.25) is 0 Å². The van der Waals surface area contributed by atoms with E-state index in [1.165, 1.54) is 47.9 Å². The summed E-state index contributed by atoms with van der Waals surface area (Å²) in [6, 6.07) is 14.6. The zero-order valence-electron chi connectivity index (χ0n) is 14.9. The number of phenolic OH excluding ortho intramolecular Hbond substituents is 2. The number of aromatic hydroxyl groups is 2. The Morgan fingerprint density at radius 1 is 0.923 bits per heavy atom. The quantitative estimate of drug-likeness (QED) is 0.554. The minimum absolute atomic E-state index is 0.0757. The molecule has 0 radical (unpaired) electrons. The van der Waals surface area contributed by atoms with E-state index >= 15 is 0 Å². The van der Waals surface area contributed by atoms with Gasteiger partial charge >= 0.3 is 0 Å². The average Bonchev–Trinajstić information content (AvgIpc) is 3.31. The molecule has 2 fully saturated rings. The Labute approximate surface area is 153 Å². The predicted molar refractivity (Wildman–Crippen MR) is 104 cm³/mol. The van der Waals surface area contributed by atoms with Gasteiger partial charge in [0.05, 0.1) is 0 Å². The summed E-state index contributed by atoms with van der Waals surface area (Å²) >= 11 is 0. The van der Waals surface area contributed by atoms with Gasteiger partial charge in [-0.1, -0.05) is 30.7 Å². The van der Waals surface area contributed by atoms with Crippen molar-refractivity contribution in [2.24, 2.45) is 11.8 Å². The standard InChI is InChI=1S/C24H22O2/c1-13-8-18-17(10-21(13)25)22(26)11-20-23(18)16-4-2-3-5-19(16)24(20)12-14-6-7-15(24)9-14/h2-5,8,10-11,14-15,25-26H,6-7,9,12H2,1H3. The SMILES string of the molecule is Cc1cc2c3c(cc(O)c2cc1O)C1(CC2CCC1C2)c1ccccc1-3. The van der Waals surface area contributed by atoms with E-state index in [0.717, 1.165) is 22.3 Å². The van der Waals surface area contributed by atoms with E-state index in [-0.39, 0.29) is 11.2 Å². The molecule has 2 nitrogen and oxygen atoms in total. The Hall–Kier alpha value is -2.48. The van der Waals surface area contributed by atoms with Crippen molar-refractivity contribution >= 4 is 10.8 Å². The maximum absolute atomic E-state index is 10.8. The van der Waals surface area contributed by atoms with Crippen LogP contribution in [0.2, 0.25) is 0 Å². The number of hydrogen-bond donors (Lipinski definition) is 2. The minimum atomic E-state index is 0.0757. The molecule has 3 atom stereocenters. The van der Waals surface area contributed by atoms with Crippen LogP contribution in [0.15, 0.2) is 42.5 Å².